The van der Waals surface area contributed by atoms with Gasteiger partial charge in [-0.25, -0.2) is 4.79 Å². The average molecular weight is 382 g/mol. The van der Waals surface area contributed by atoms with Gasteiger partial charge in [-0.1, -0.05) is 6.07 Å². The van der Waals surface area contributed by atoms with Gasteiger partial charge in [0.25, 0.3) is 0 Å². The van der Waals surface area contributed by atoms with Crippen LogP contribution < -0.4 is 4.74 Å². The van der Waals surface area contributed by atoms with Gasteiger partial charge in [-0.3, -0.25) is 10.1 Å². The molecule has 0 amide bonds. The first-order valence-electron chi connectivity index (χ1n) is 6.41. The van der Waals surface area contributed by atoms with Crippen molar-refractivity contribution in [1.82, 2.24) is 0 Å². The molecular weight excluding hydrogens is 370 g/mol. The first-order chi connectivity index (χ1) is 11.0. The van der Waals surface area contributed by atoms with Gasteiger partial charge >= 0.3 is 11.9 Å². The van der Waals surface area contributed by atoms with Crippen molar-refractivity contribution >= 4 is 33.9 Å². The second kappa shape index (κ2) is 7.59. The normalized spacial score (nSPS) is 10.7. The third kappa shape index (κ3) is 4.68. The second-order valence-electron chi connectivity index (χ2n) is 4.34. The van der Waals surface area contributed by atoms with Gasteiger partial charge in [0.05, 0.1) is 17.6 Å². The highest BCUT2D eigenvalue weighted by atomic mass is 79.9. The zero-order valence-electron chi connectivity index (χ0n) is 12.0. The number of nitrogens with zero attached hydrogens (tertiary/aromatic N) is 1. The monoisotopic (exact) mass is 381 g/mol. The molecule has 0 spiro atoms. The van der Waals surface area contributed by atoms with Crippen molar-refractivity contribution < 1.29 is 23.6 Å². The Labute approximate surface area is 139 Å². The predicted octanol–water partition coefficient (Wildman–Crippen LogP) is 3.72. The van der Waals surface area contributed by atoms with E-state index >= 15 is 0 Å². The standard InChI is InChI=1S/C15H12BrNO6/c1-21-13-5-2-10(8-12(13)16)9-22-15(18)7-4-11-3-6-14(23-11)17(19)20/h2-8H,9H2,1H3/b7-4+. The van der Waals surface area contributed by atoms with Crippen molar-refractivity contribution in [2.24, 2.45) is 0 Å². The molecule has 2 rings (SSSR count). The Morgan fingerprint density at radius 1 is 1.39 bits per heavy atom. The number of nitro groups is 1. The minimum Gasteiger partial charge on any atom is -0.496 e. The summed E-state index contributed by atoms with van der Waals surface area (Å²) in [6.45, 7) is 0.0874. The fraction of sp³-hybridized carbons (Fsp3) is 0.133. The number of hydrogen-bond acceptors (Lipinski definition) is 6. The van der Waals surface area contributed by atoms with E-state index in [4.69, 9.17) is 13.9 Å². The molecule has 8 heteroatoms. The molecule has 0 atom stereocenters. The minimum atomic E-state index is -0.656. The van der Waals surface area contributed by atoms with Gasteiger partial charge in [-0.15, -0.1) is 0 Å². The first kappa shape index (κ1) is 16.8. The van der Waals surface area contributed by atoms with Crippen LogP contribution in [0, 0.1) is 10.1 Å². The van der Waals surface area contributed by atoms with Crippen molar-refractivity contribution in [3.8, 4) is 5.75 Å². The van der Waals surface area contributed by atoms with Gasteiger partial charge in [0.1, 0.15) is 23.0 Å². The number of methoxy groups -OCH3 is 1. The van der Waals surface area contributed by atoms with Crippen LogP contribution in [0.5, 0.6) is 5.75 Å². The van der Waals surface area contributed by atoms with Gasteiger partial charge in [-0.2, -0.15) is 0 Å². The number of esters is 1. The summed E-state index contributed by atoms with van der Waals surface area (Å²) in [5.74, 6) is -0.0997. The number of carbonyl (C=O) groups excluding carboxylic acids is 1. The molecule has 0 unspecified atom stereocenters. The van der Waals surface area contributed by atoms with E-state index in [0.29, 0.717) is 5.75 Å². The minimum absolute atomic E-state index is 0.0874. The van der Waals surface area contributed by atoms with Crippen molar-refractivity contribution in [1.29, 1.82) is 0 Å². The zero-order chi connectivity index (χ0) is 16.8. The van der Waals surface area contributed by atoms with Gasteiger partial charge < -0.3 is 13.9 Å². The van der Waals surface area contributed by atoms with Crippen LogP contribution in [0.1, 0.15) is 11.3 Å². The van der Waals surface area contributed by atoms with Crippen molar-refractivity contribution in [3.05, 3.63) is 62.3 Å². The third-order valence-corrected chi connectivity index (χ3v) is 3.39. The maximum Gasteiger partial charge on any atom is 0.433 e. The Morgan fingerprint density at radius 3 is 2.78 bits per heavy atom. The number of benzene rings is 1. The summed E-state index contributed by atoms with van der Waals surface area (Å²) in [6, 6.07) is 7.91. The van der Waals surface area contributed by atoms with Crippen LogP contribution in [-0.4, -0.2) is 18.0 Å². The summed E-state index contributed by atoms with van der Waals surface area (Å²) in [6.07, 6.45) is 2.44. The summed E-state index contributed by atoms with van der Waals surface area (Å²) in [7, 11) is 1.56. The summed E-state index contributed by atoms with van der Waals surface area (Å²) in [5, 5.41) is 10.5. The molecule has 0 saturated carbocycles. The smallest absolute Gasteiger partial charge is 0.433 e. The van der Waals surface area contributed by atoms with Crippen LogP contribution in [0.15, 0.2) is 45.3 Å². The highest BCUT2D eigenvalue weighted by Crippen LogP contribution is 2.25. The largest absolute Gasteiger partial charge is 0.496 e. The van der Waals surface area contributed by atoms with Gasteiger partial charge in [0, 0.05) is 6.08 Å². The summed E-state index contributed by atoms with van der Waals surface area (Å²) < 4.78 is 15.8. The number of rotatable bonds is 6. The number of carbonyl (C=O) groups is 1. The molecule has 2 aromatic rings. The lowest BCUT2D eigenvalue weighted by Gasteiger charge is -2.06. The van der Waals surface area contributed by atoms with E-state index < -0.39 is 10.9 Å². The van der Waals surface area contributed by atoms with Crippen LogP contribution >= 0.6 is 15.9 Å². The Morgan fingerprint density at radius 2 is 2.17 bits per heavy atom. The molecule has 0 aliphatic heterocycles. The summed E-state index contributed by atoms with van der Waals surface area (Å²) in [4.78, 5) is 21.4. The van der Waals surface area contributed by atoms with Crippen LogP contribution in [0.3, 0.4) is 0 Å². The van der Waals surface area contributed by atoms with E-state index in [0.717, 1.165) is 16.1 Å². The number of hydrogen-bond donors (Lipinski definition) is 0. The molecule has 0 saturated heterocycles. The van der Waals surface area contributed by atoms with E-state index in [2.05, 4.69) is 15.9 Å². The lowest BCUT2D eigenvalue weighted by molar-refractivity contribution is -0.402. The van der Waals surface area contributed by atoms with E-state index in [1.54, 1.807) is 25.3 Å². The van der Waals surface area contributed by atoms with Crippen molar-refractivity contribution in [2.75, 3.05) is 7.11 Å². The summed E-state index contributed by atoms with van der Waals surface area (Å²) in [5.41, 5.74) is 0.785. The van der Waals surface area contributed by atoms with Crippen LogP contribution in [0.2, 0.25) is 0 Å². The number of furan rings is 1. The van der Waals surface area contributed by atoms with E-state index in [-0.39, 0.29) is 18.3 Å². The number of ether oxygens (including phenoxy) is 2. The molecule has 1 aromatic heterocycles. The number of halogens is 1. The second-order valence-corrected chi connectivity index (χ2v) is 5.20. The molecule has 120 valence electrons. The molecule has 0 aliphatic carbocycles. The predicted molar refractivity (Wildman–Crippen MR) is 84.9 cm³/mol. The molecule has 0 radical (unpaired) electrons. The zero-order valence-corrected chi connectivity index (χ0v) is 13.6. The quantitative estimate of drug-likeness (QED) is 0.327. The van der Waals surface area contributed by atoms with E-state index in [9.17, 15) is 14.9 Å². The highest BCUT2D eigenvalue weighted by Gasteiger charge is 2.10. The fourth-order valence-corrected chi connectivity index (χ4v) is 2.27. The molecule has 0 aliphatic rings. The SMILES string of the molecule is COc1ccc(COC(=O)/C=C/c2ccc([N+](=O)[O-])o2)cc1Br. The Kier molecular flexibility index (Phi) is 5.53. The average Bonchev–Trinajstić information content (AvgIpc) is 3.00. The first-order valence-corrected chi connectivity index (χ1v) is 7.20. The van der Waals surface area contributed by atoms with Gasteiger partial charge in [-0.05, 0) is 45.8 Å². The molecule has 0 bridgehead atoms. The Balaban J connectivity index is 1.90. The van der Waals surface area contributed by atoms with Crippen LogP contribution in [0.4, 0.5) is 5.88 Å². The molecular formula is C15H12BrNO6. The molecule has 7 nitrogen and oxygen atoms in total. The van der Waals surface area contributed by atoms with Crippen LogP contribution in [0.25, 0.3) is 6.08 Å². The summed E-state index contributed by atoms with van der Waals surface area (Å²) >= 11 is 3.34. The van der Waals surface area contributed by atoms with Crippen molar-refractivity contribution in [3.63, 3.8) is 0 Å². The lowest BCUT2D eigenvalue weighted by Crippen LogP contribution is -2.00. The van der Waals surface area contributed by atoms with Gasteiger partial charge in [0.2, 0.25) is 0 Å². The molecule has 0 N–H and O–H groups in total. The van der Waals surface area contributed by atoms with Gasteiger partial charge in [0.15, 0.2) is 0 Å². The van der Waals surface area contributed by atoms with Crippen molar-refractivity contribution in [2.45, 2.75) is 6.61 Å². The maximum atomic E-state index is 11.6. The Bertz CT molecular complexity index is 752. The molecule has 1 heterocycles. The fourth-order valence-electron chi connectivity index (χ4n) is 1.68. The maximum absolute atomic E-state index is 11.6. The molecule has 23 heavy (non-hydrogen) atoms. The van der Waals surface area contributed by atoms with E-state index in [1.807, 2.05) is 0 Å². The molecule has 1 aromatic carbocycles. The third-order valence-electron chi connectivity index (χ3n) is 2.77. The topological polar surface area (TPSA) is 91.8 Å². The lowest BCUT2D eigenvalue weighted by atomic mass is 10.2. The Hall–Kier alpha value is -2.61. The van der Waals surface area contributed by atoms with Crippen LogP contribution in [-0.2, 0) is 16.1 Å². The van der Waals surface area contributed by atoms with E-state index in [1.165, 1.54) is 18.2 Å². The highest BCUT2D eigenvalue weighted by molar-refractivity contribution is 9.10. The molecule has 0 fully saturated rings.